The summed E-state index contributed by atoms with van der Waals surface area (Å²) in [6, 6.07) is -3.24. The summed E-state index contributed by atoms with van der Waals surface area (Å²) in [4.78, 5) is 65.7. The van der Waals surface area contributed by atoms with Gasteiger partial charge in [0.2, 0.25) is 23.6 Å². The van der Waals surface area contributed by atoms with Gasteiger partial charge in [0, 0.05) is 24.7 Å². The van der Waals surface area contributed by atoms with Gasteiger partial charge in [0.15, 0.2) is 0 Å². The molecule has 0 saturated heterocycles. The molecule has 3 atom stereocenters. The highest BCUT2D eigenvalue weighted by Crippen LogP contribution is 2.07. The summed E-state index contributed by atoms with van der Waals surface area (Å²) in [5.41, 5.74) is 11.2. The lowest BCUT2D eigenvalue weighted by molar-refractivity contribution is -0.142. The van der Waals surface area contributed by atoms with Gasteiger partial charge in [-0.3, -0.25) is 19.2 Å². The first-order chi connectivity index (χ1) is 15.0. The predicted molar refractivity (Wildman–Crippen MR) is 113 cm³/mol. The average Bonchev–Trinajstić information content (AvgIpc) is 3.21. The van der Waals surface area contributed by atoms with Crippen LogP contribution in [-0.4, -0.2) is 69.3 Å². The summed E-state index contributed by atoms with van der Waals surface area (Å²) in [7, 11) is 0. The molecule has 1 heterocycles. The largest absolute Gasteiger partial charge is 0.480 e. The molecule has 0 aliphatic rings. The Labute approximate surface area is 185 Å². The average molecular weight is 454 g/mol. The van der Waals surface area contributed by atoms with E-state index in [0.717, 1.165) is 0 Å². The van der Waals surface area contributed by atoms with Crippen molar-refractivity contribution in [3.05, 3.63) is 18.2 Å². The molecule has 1 aromatic heterocycles. The van der Waals surface area contributed by atoms with Crippen LogP contribution < -0.4 is 27.4 Å². The topological polar surface area (TPSA) is 222 Å². The van der Waals surface area contributed by atoms with Crippen LogP contribution in [-0.2, 0) is 30.4 Å². The summed E-state index contributed by atoms with van der Waals surface area (Å²) < 4.78 is 0. The Bertz CT molecular complexity index is 796. The van der Waals surface area contributed by atoms with E-state index in [9.17, 15) is 29.1 Å². The normalized spacial score (nSPS) is 13.6. The molecule has 0 saturated carbocycles. The number of rotatable bonds is 14. The summed E-state index contributed by atoms with van der Waals surface area (Å²) in [6.07, 6.45) is 3.05. The number of aromatic amines is 1. The van der Waals surface area contributed by atoms with Crippen molar-refractivity contribution in [1.29, 1.82) is 0 Å². The number of nitrogens with zero attached hydrogens (tertiary/aromatic N) is 1. The van der Waals surface area contributed by atoms with Crippen LogP contribution in [0.4, 0.5) is 0 Å². The smallest absolute Gasteiger partial charge is 0.326 e. The van der Waals surface area contributed by atoms with Crippen molar-refractivity contribution in [3.8, 4) is 0 Å². The number of H-pyrrole nitrogens is 1. The fourth-order valence-electron chi connectivity index (χ4n) is 2.76. The van der Waals surface area contributed by atoms with Crippen LogP contribution in [0.15, 0.2) is 12.5 Å². The first kappa shape index (κ1) is 26.6. The van der Waals surface area contributed by atoms with Crippen LogP contribution in [0.25, 0.3) is 0 Å². The van der Waals surface area contributed by atoms with E-state index in [-0.39, 0.29) is 31.6 Å². The fraction of sp³-hybridized carbons (Fsp3) is 0.579. The van der Waals surface area contributed by atoms with Gasteiger partial charge in [0.25, 0.3) is 0 Å². The van der Waals surface area contributed by atoms with Crippen molar-refractivity contribution >= 4 is 29.6 Å². The second-order valence-electron chi connectivity index (χ2n) is 7.76. The zero-order valence-corrected chi connectivity index (χ0v) is 18.1. The molecule has 0 radical (unpaired) electrons. The molecule has 0 spiro atoms. The number of carbonyl (C=O) groups is 5. The molecule has 0 aliphatic heterocycles. The summed E-state index contributed by atoms with van der Waals surface area (Å²) in [5, 5.41) is 16.7. The molecule has 0 bridgehead atoms. The van der Waals surface area contributed by atoms with Gasteiger partial charge in [-0.25, -0.2) is 9.78 Å². The highest BCUT2D eigenvalue weighted by Gasteiger charge is 2.28. The Balaban J connectivity index is 2.66. The molecule has 1 rings (SSSR count). The van der Waals surface area contributed by atoms with E-state index in [1.165, 1.54) is 12.5 Å². The molecule has 0 aromatic carbocycles. The van der Waals surface area contributed by atoms with Crippen molar-refractivity contribution in [2.75, 3.05) is 6.54 Å². The maximum atomic E-state index is 12.7. The number of aliphatic carboxylic acids is 1. The SMILES string of the molecule is CC(C)CC(NC(=O)CNC(=O)C(N)CCC(N)=O)C(=O)NC(Cc1cnc[nH]1)C(=O)O. The van der Waals surface area contributed by atoms with E-state index in [1.54, 1.807) is 0 Å². The molecule has 3 unspecified atom stereocenters. The minimum atomic E-state index is -1.24. The van der Waals surface area contributed by atoms with Crippen LogP contribution in [0.1, 0.15) is 38.8 Å². The monoisotopic (exact) mass is 453 g/mol. The lowest BCUT2D eigenvalue weighted by Crippen LogP contribution is -2.54. The number of amides is 4. The van der Waals surface area contributed by atoms with Crippen molar-refractivity contribution in [2.24, 2.45) is 17.4 Å². The van der Waals surface area contributed by atoms with Gasteiger partial charge in [0.1, 0.15) is 12.1 Å². The van der Waals surface area contributed by atoms with Gasteiger partial charge in [-0.15, -0.1) is 0 Å². The highest BCUT2D eigenvalue weighted by molar-refractivity contribution is 5.92. The Hall–Kier alpha value is -3.48. The van der Waals surface area contributed by atoms with Crippen molar-refractivity contribution in [1.82, 2.24) is 25.9 Å². The third kappa shape index (κ3) is 10.0. The third-order valence-corrected chi connectivity index (χ3v) is 4.41. The number of nitrogens with two attached hydrogens (primary N) is 2. The van der Waals surface area contributed by atoms with E-state index in [2.05, 4.69) is 25.9 Å². The van der Waals surface area contributed by atoms with Crippen LogP contribution in [0, 0.1) is 5.92 Å². The number of hydrogen-bond donors (Lipinski definition) is 7. The van der Waals surface area contributed by atoms with E-state index in [0.29, 0.717) is 5.69 Å². The van der Waals surface area contributed by atoms with Gasteiger partial charge in [-0.1, -0.05) is 13.8 Å². The maximum absolute atomic E-state index is 12.7. The first-order valence-corrected chi connectivity index (χ1v) is 10.1. The van der Waals surface area contributed by atoms with Crippen molar-refractivity contribution in [3.63, 3.8) is 0 Å². The lowest BCUT2D eigenvalue weighted by Gasteiger charge is -2.23. The van der Waals surface area contributed by atoms with Gasteiger partial charge in [0.05, 0.1) is 18.9 Å². The predicted octanol–water partition coefficient (Wildman–Crippen LogP) is -2.24. The molecule has 0 fully saturated rings. The van der Waals surface area contributed by atoms with E-state index in [4.69, 9.17) is 11.5 Å². The Morgan fingerprint density at radius 3 is 2.34 bits per heavy atom. The number of carbonyl (C=O) groups excluding carboxylic acids is 4. The van der Waals surface area contributed by atoms with Gasteiger partial charge < -0.3 is 37.5 Å². The molecule has 9 N–H and O–H groups in total. The number of nitrogens with one attached hydrogen (secondary N) is 4. The first-order valence-electron chi connectivity index (χ1n) is 10.1. The number of hydrogen-bond acceptors (Lipinski definition) is 7. The number of imidazole rings is 1. The van der Waals surface area contributed by atoms with E-state index >= 15 is 0 Å². The number of carboxylic acid groups (broad SMARTS) is 1. The minimum absolute atomic E-state index is 0.0112. The molecule has 32 heavy (non-hydrogen) atoms. The number of aromatic nitrogens is 2. The van der Waals surface area contributed by atoms with Crippen molar-refractivity contribution in [2.45, 2.75) is 57.7 Å². The molecule has 0 aliphatic carbocycles. The zero-order chi connectivity index (χ0) is 24.3. The van der Waals surface area contributed by atoms with E-state index < -0.39 is 54.3 Å². The van der Waals surface area contributed by atoms with Gasteiger partial charge in [-0.2, -0.15) is 0 Å². The molecular formula is C19H31N7O6. The molecule has 13 heteroatoms. The minimum Gasteiger partial charge on any atom is -0.480 e. The summed E-state index contributed by atoms with van der Waals surface area (Å²) in [5.74, 6) is -3.78. The molecule has 4 amide bonds. The standard InChI is InChI=1S/C19H31N7O6/c1-10(2)5-13(18(30)26-14(19(31)32)6-11-7-22-9-24-11)25-16(28)8-23-17(29)12(20)3-4-15(21)27/h7,9-10,12-14H,3-6,8,20H2,1-2H3,(H2,21,27)(H,22,24)(H,23,29)(H,25,28)(H,26,30)(H,31,32). The Morgan fingerprint density at radius 2 is 1.81 bits per heavy atom. The molecule has 178 valence electrons. The van der Waals surface area contributed by atoms with E-state index in [1.807, 2.05) is 13.8 Å². The second kappa shape index (κ2) is 13.0. The highest BCUT2D eigenvalue weighted by atomic mass is 16.4. The van der Waals surface area contributed by atoms with Crippen LogP contribution in [0.5, 0.6) is 0 Å². The molecule has 13 nitrogen and oxygen atoms in total. The third-order valence-electron chi connectivity index (χ3n) is 4.41. The van der Waals surface area contributed by atoms with Crippen LogP contribution in [0.3, 0.4) is 0 Å². The summed E-state index contributed by atoms with van der Waals surface area (Å²) in [6.45, 7) is 3.23. The summed E-state index contributed by atoms with van der Waals surface area (Å²) >= 11 is 0. The van der Waals surface area contributed by atoms with Crippen LogP contribution in [0.2, 0.25) is 0 Å². The number of primary amides is 1. The Morgan fingerprint density at radius 1 is 1.12 bits per heavy atom. The quantitative estimate of drug-likeness (QED) is 0.163. The van der Waals surface area contributed by atoms with Crippen molar-refractivity contribution < 1.29 is 29.1 Å². The molecule has 1 aromatic rings. The zero-order valence-electron chi connectivity index (χ0n) is 18.1. The molecular weight excluding hydrogens is 422 g/mol. The Kier molecular flexibility index (Phi) is 10.8. The van der Waals surface area contributed by atoms with Gasteiger partial charge >= 0.3 is 5.97 Å². The van der Waals surface area contributed by atoms with Crippen LogP contribution >= 0.6 is 0 Å². The van der Waals surface area contributed by atoms with Gasteiger partial charge in [-0.05, 0) is 18.8 Å². The number of carboxylic acids is 1. The second-order valence-corrected chi connectivity index (χ2v) is 7.76. The lowest BCUT2D eigenvalue weighted by atomic mass is 10.0. The fourth-order valence-corrected chi connectivity index (χ4v) is 2.76. The maximum Gasteiger partial charge on any atom is 0.326 e.